The van der Waals surface area contributed by atoms with E-state index in [1.54, 1.807) is 11.3 Å². The van der Waals surface area contributed by atoms with Crippen LogP contribution in [-0.4, -0.2) is 12.6 Å². The van der Waals surface area contributed by atoms with Gasteiger partial charge in [-0.2, -0.15) is 0 Å². The van der Waals surface area contributed by atoms with Gasteiger partial charge in [0, 0.05) is 4.88 Å². The van der Waals surface area contributed by atoms with Gasteiger partial charge in [0.25, 0.3) is 0 Å². The fraction of sp³-hybridized carbons (Fsp3) is 0.312. The summed E-state index contributed by atoms with van der Waals surface area (Å²) in [5.41, 5.74) is 1.29. The van der Waals surface area contributed by atoms with E-state index in [0.29, 0.717) is 13.0 Å². The Hall–Kier alpha value is -1.61. The van der Waals surface area contributed by atoms with Crippen molar-refractivity contribution in [3.8, 4) is 0 Å². The molecule has 0 saturated heterocycles. The summed E-state index contributed by atoms with van der Waals surface area (Å²) in [5, 5.41) is 2.03. The molecule has 0 aliphatic heterocycles. The molecule has 0 N–H and O–H groups in total. The zero-order valence-electron chi connectivity index (χ0n) is 10.9. The Kier molecular flexibility index (Phi) is 5.63. The van der Waals surface area contributed by atoms with Crippen LogP contribution in [0.15, 0.2) is 47.8 Å². The highest BCUT2D eigenvalue weighted by atomic mass is 32.1. The molecule has 0 aliphatic rings. The van der Waals surface area contributed by atoms with Crippen molar-refractivity contribution < 1.29 is 9.53 Å². The van der Waals surface area contributed by atoms with Gasteiger partial charge in [0.2, 0.25) is 0 Å². The van der Waals surface area contributed by atoms with Gasteiger partial charge in [-0.3, -0.25) is 4.79 Å². The van der Waals surface area contributed by atoms with Crippen LogP contribution in [0, 0.1) is 0 Å². The number of thiophene rings is 1. The summed E-state index contributed by atoms with van der Waals surface area (Å²) < 4.78 is 5.23. The van der Waals surface area contributed by atoms with E-state index in [4.69, 9.17) is 4.74 Å². The third-order valence-electron chi connectivity index (χ3n) is 2.87. The zero-order chi connectivity index (χ0) is 13.3. The van der Waals surface area contributed by atoms with Gasteiger partial charge in [-0.25, -0.2) is 0 Å². The van der Waals surface area contributed by atoms with Gasteiger partial charge in [0.15, 0.2) is 0 Å². The molecule has 2 rings (SSSR count). The number of benzene rings is 1. The van der Waals surface area contributed by atoms with Crippen molar-refractivity contribution in [2.24, 2.45) is 0 Å². The highest BCUT2D eigenvalue weighted by Gasteiger charge is 2.04. The minimum absolute atomic E-state index is 0.0959. The van der Waals surface area contributed by atoms with E-state index in [2.05, 4.69) is 12.1 Å². The number of ether oxygens (including phenoxy) is 1. The second-order valence-corrected chi connectivity index (χ2v) is 5.42. The first kappa shape index (κ1) is 13.8. The maximum Gasteiger partial charge on any atom is 0.306 e. The second-order valence-electron chi connectivity index (χ2n) is 4.39. The first-order chi connectivity index (χ1) is 9.34. The normalized spacial score (nSPS) is 10.3. The number of hydrogen-bond donors (Lipinski definition) is 0. The smallest absolute Gasteiger partial charge is 0.306 e. The van der Waals surface area contributed by atoms with E-state index in [9.17, 15) is 4.79 Å². The number of carbonyl (C=O) groups excluding carboxylic acids is 1. The predicted molar refractivity (Wildman–Crippen MR) is 78.4 cm³/mol. The van der Waals surface area contributed by atoms with Gasteiger partial charge >= 0.3 is 5.97 Å². The molecule has 19 heavy (non-hydrogen) atoms. The summed E-state index contributed by atoms with van der Waals surface area (Å²) in [6.07, 6.45) is 3.11. The van der Waals surface area contributed by atoms with E-state index < -0.39 is 0 Å². The standard InChI is InChI=1S/C16H18O2S/c17-16(11-10-15-9-5-13-19-15)18-12-4-8-14-6-2-1-3-7-14/h1-3,5-7,9,13H,4,8,10-12H2. The molecule has 0 bridgehead atoms. The zero-order valence-corrected chi connectivity index (χ0v) is 11.7. The van der Waals surface area contributed by atoms with Gasteiger partial charge < -0.3 is 4.74 Å². The molecule has 1 heterocycles. The average Bonchev–Trinajstić information content (AvgIpc) is 2.96. The minimum atomic E-state index is -0.0959. The lowest BCUT2D eigenvalue weighted by atomic mass is 10.1. The first-order valence-corrected chi connectivity index (χ1v) is 7.44. The number of aryl methyl sites for hydroxylation is 2. The maximum absolute atomic E-state index is 11.5. The van der Waals surface area contributed by atoms with E-state index >= 15 is 0 Å². The van der Waals surface area contributed by atoms with Crippen molar-refractivity contribution >= 4 is 17.3 Å². The molecule has 0 aliphatic carbocycles. The molecule has 0 saturated carbocycles. The van der Waals surface area contributed by atoms with Gasteiger partial charge in [-0.05, 0) is 36.3 Å². The Balaban J connectivity index is 1.57. The van der Waals surface area contributed by atoms with Crippen LogP contribution >= 0.6 is 11.3 Å². The van der Waals surface area contributed by atoms with Crippen LogP contribution in [0.2, 0.25) is 0 Å². The molecule has 0 unspecified atom stereocenters. The quantitative estimate of drug-likeness (QED) is 0.566. The summed E-state index contributed by atoms with van der Waals surface area (Å²) in [6.45, 7) is 0.512. The minimum Gasteiger partial charge on any atom is -0.466 e. The molecule has 100 valence electrons. The Morgan fingerprint density at radius 3 is 2.63 bits per heavy atom. The third-order valence-corrected chi connectivity index (χ3v) is 3.81. The number of rotatable bonds is 7. The molecular weight excluding hydrogens is 256 g/mol. The number of esters is 1. The molecule has 3 heteroatoms. The number of carbonyl (C=O) groups is 1. The largest absolute Gasteiger partial charge is 0.466 e. The van der Waals surface area contributed by atoms with E-state index in [1.807, 2.05) is 35.7 Å². The molecule has 1 aromatic heterocycles. The monoisotopic (exact) mass is 274 g/mol. The van der Waals surface area contributed by atoms with Crippen LogP contribution in [0.4, 0.5) is 0 Å². The van der Waals surface area contributed by atoms with E-state index in [0.717, 1.165) is 19.3 Å². The maximum atomic E-state index is 11.5. The topological polar surface area (TPSA) is 26.3 Å². The summed E-state index contributed by atoms with van der Waals surface area (Å²) in [7, 11) is 0. The molecule has 2 aromatic rings. The van der Waals surface area contributed by atoms with Crippen LogP contribution in [0.5, 0.6) is 0 Å². The molecule has 0 atom stereocenters. The number of hydrogen-bond acceptors (Lipinski definition) is 3. The Morgan fingerprint density at radius 2 is 1.89 bits per heavy atom. The SMILES string of the molecule is O=C(CCc1cccs1)OCCCc1ccccc1. The molecule has 1 aromatic carbocycles. The Labute approximate surface area is 118 Å². The van der Waals surface area contributed by atoms with Crippen molar-refractivity contribution in [1.29, 1.82) is 0 Å². The van der Waals surface area contributed by atoms with E-state index in [1.165, 1.54) is 10.4 Å². The molecule has 0 spiro atoms. The lowest BCUT2D eigenvalue weighted by Crippen LogP contribution is -2.07. The third kappa shape index (κ3) is 5.26. The summed E-state index contributed by atoms with van der Waals surface area (Å²) in [6, 6.07) is 14.3. The summed E-state index contributed by atoms with van der Waals surface area (Å²) in [4.78, 5) is 12.8. The fourth-order valence-corrected chi connectivity index (χ4v) is 2.57. The van der Waals surface area contributed by atoms with Crippen molar-refractivity contribution in [1.82, 2.24) is 0 Å². The van der Waals surface area contributed by atoms with Crippen molar-refractivity contribution in [3.05, 3.63) is 58.3 Å². The van der Waals surface area contributed by atoms with Gasteiger partial charge in [0.05, 0.1) is 13.0 Å². The molecule has 0 amide bonds. The second kappa shape index (κ2) is 7.74. The van der Waals surface area contributed by atoms with E-state index in [-0.39, 0.29) is 5.97 Å². The Morgan fingerprint density at radius 1 is 1.05 bits per heavy atom. The molecule has 0 fully saturated rings. The summed E-state index contributed by atoms with van der Waals surface area (Å²) in [5.74, 6) is -0.0959. The highest BCUT2D eigenvalue weighted by Crippen LogP contribution is 2.11. The van der Waals surface area contributed by atoms with Crippen LogP contribution in [-0.2, 0) is 22.4 Å². The lowest BCUT2D eigenvalue weighted by Gasteiger charge is -2.04. The van der Waals surface area contributed by atoms with Crippen molar-refractivity contribution in [2.45, 2.75) is 25.7 Å². The van der Waals surface area contributed by atoms with Gasteiger partial charge in [0.1, 0.15) is 0 Å². The van der Waals surface area contributed by atoms with Gasteiger partial charge in [-0.1, -0.05) is 36.4 Å². The fourth-order valence-electron chi connectivity index (χ4n) is 1.86. The Bertz CT molecular complexity index is 477. The van der Waals surface area contributed by atoms with Gasteiger partial charge in [-0.15, -0.1) is 11.3 Å². The van der Waals surface area contributed by atoms with Crippen LogP contribution in [0.25, 0.3) is 0 Å². The first-order valence-electron chi connectivity index (χ1n) is 6.56. The van der Waals surface area contributed by atoms with Crippen LogP contribution in [0.1, 0.15) is 23.3 Å². The van der Waals surface area contributed by atoms with Crippen molar-refractivity contribution in [2.75, 3.05) is 6.61 Å². The van der Waals surface area contributed by atoms with Crippen molar-refractivity contribution in [3.63, 3.8) is 0 Å². The molecule has 2 nitrogen and oxygen atoms in total. The average molecular weight is 274 g/mol. The predicted octanol–water partition coefficient (Wildman–Crippen LogP) is 3.86. The molecule has 0 radical (unpaired) electrons. The molecular formula is C16H18O2S. The van der Waals surface area contributed by atoms with Crippen LogP contribution < -0.4 is 0 Å². The lowest BCUT2D eigenvalue weighted by molar-refractivity contribution is -0.143. The summed E-state index contributed by atoms with van der Waals surface area (Å²) >= 11 is 1.68. The van der Waals surface area contributed by atoms with Crippen LogP contribution in [0.3, 0.4) is 0 Å². The highest BCUT2D eigenvalue weighted by molar-refractivity contribution is 7.09.